The molecular weight excluding hydrogens is 212 g/mol. The molecule has 0 aliphatic heterocycles. The predicted octanol–water partition coefficient (Wildman–Crippen LogP) is 2.63. The molecule has 17 heavy (non-hydrogen) atoms. The van der Waals surface area contributed by atoms with Gasteiger partial charge in [0.1, 0.15) is 0 Å². The maximum Gasteiger partial charge on any atom is 0.153 e. The van der Waals surface area contributed by atoms with Crippen LogP contribution in [0.2, 0.25) is 0 Å². The summed E-state index contributed by atoms with van der Waals surface area (Å²) in [6, 6.07) is 3.99. The highest BCUT2D eigenvalue weighted by Crippen LogP contribution is 2.34. The fraction of sp³-hybridized carbons (Fsp3) is 0.538. The average molecular weight is 230 g/mol. The third-order valence-electron chi connectivity index (χ3n) is 3.77. The van der Waals surface area contributed by atoms with Gasteiger partial charge in [-0.2, -0.15) is 10.2 Å². The molecular formula is C13H18N4. The molecule has 0 amide bonds. The van der Waals surface area contributed by atoms with Crippen molar-refractivity contribution in [1.29, 1.82) is 0 Å². The van der Waals surface area contributed by atoms with Crippen LogP contribution in [0.1, 0.15) is 38.5 Å². The van der Waals surface area contributed by atoms with Gasteiger partial charge in [0.25, 0.3) is 0 Å². The Kier molecular flexibility index (Phi) is 2.71. The van der Waals surface area contributed by atoms with Crippen LogP contribution in [0.15, 0.2) is 36.9 Å². The van der Waals surface area contributed by atoms with E-state index in [4.69, 9.17) is 0 Å². The Morgan fingerprint density at radius 1 is 0.765 bits per heavy atom. The van der Waals surface area contributed by atoms with Crippen molar-refractivity contribution in [3.05, 3.63) is 36.9 Å². The molecule has 0 N–H and O–H groups in total. The van der Waals surface area contributed by atoms with Gasteiger partial charge in [0.05, 0.1) is 0 Å². The molecule has 0 radical (unpaired) electrons. The molecule has 1 fully saturated rings. The number of hydrogen-bond donors (Lipinski definition) is 0. The molecule has 1 aliphatic rings. The maximum absolute atomic E-state index is 4.47. The van der Waals surface area contributed by atoms with E-state index >= 15 is 0 Å². The van der Waals surface area contributed by atoms with Gasteiger partial charge in [0, 0.05) is 24.8 Å². The quantitative estimate of drug-likeness (QED) is 0.743. The van der Waals surface area contributed by atoms with Crippen molar-refractivity contribution >= 4 is 0 Å². The SMILES string of the molecule is c1cnn(C2(n3cccn3)CCCCCC2)c1. The summed E-state index contributed by atoms with van der Waals surface area (Å²) in [5.41, 5.74) is -0.0799. The van der Waals surface area contributed by atoms with Gasteiger partial charge in [-0.3, -0.25) is 0 Å². The summed E-state index contributed by atoms with van der Waals surface area (Å²) in [7, 11) is 0. The van der Waals surface area contributed by atoms with Crippen molar-refractivity contribution in [3.8, 4) is 0 Å². The third-order valence-corrected chi connectivity index (χ3v) is 3.77. The topological polar surface area (TPSA) is 35.6 Å². The van der Waals surface area contributed by atoms with E-state index in [1.807, 2.05) is 24.5 Å². The predicted molar refractivity (Wildman–Crippen MR) is 65.5 cm³/mol. The highest BCUT2D eigenvalue weighted by atomic mass is 15.5. The molecule has 2 aromatic rings. The summed E-state index contributed by atoms with van der Waals surface area (Å²) < 4.78 is 4.18. The van der Waals surface area contributed by atoms with E-state index in [9.17, 15) is 0 Å². The molecule has 1 saturated carbocycles. The summed E-state index contributed by atoms with van der Waals surface area (Å²) >= 11 is 0. The normalized spacial score (nSPS) is 20.0. The number of rotatable bonds is 2. The van der Waals surface area contributed by atoms with Gasteiger partial charge in [-0.15, -0.1) is 0 Å². The Labute approximate surface area is 101 Å². The standard InChI is InChI=1S/C13H18N4/c1-2-4-8-13(7-3-1,16-11-5-9-14-16)17-12-6-10-15-17/h5-6,9-12H,1-4,7-8H2. The Morgan fingerprint density at radius 2 is 1.29 bits per heavy atom. The Hall–Kier alpha value is -1.58. The second kappa shape index (κ2) is 4.35. The van der Waals surface area contributed by atoms with Crippen LogP contribution in [0.5, 0.6) is 0 Å². The van der Waals surface area contributed by atoms with E-state index in [-0.39, 0.29) is 5.66 Å². The molecule has 3 rings (SSSR count). The van der Waals surface area contributed by atoms with Crippen molar-refractivity contribution in [2.24, 2.45) is 0 Å². The monoisotopic (exact) mass is 230 g/mol. The molecule has 0 unspecified atom stereocenters. The van der Waals surface area contributed by atoms with Gasteiger partial charge in [-0.1, -0.05) is 12.8 Å². The van der Waals surface area contributed by atoms with E-state index in [0.29, 0.717) is 0 Å². The molecule has 4 nitrogen and oxygen atoms in total. The highest BCUT2D eigenvalue weighted by Gasteiger charge is 2.35. The summed E-state index contributed by atoms with van der Waals surface area (Å²) in [4.78, 5) is 0. The first kappa shape index (κ1) is 10.6. The molecule has 0 spiro atoms. The van der Waals surface area contributed by atoms with Crippen LogP contribution in [-0.2, 0) is 5.66 Å². The van der Waals surface area contributed by atoms with Crippen LogP contribution < -0.4 is 0 Å². The lowest BCUT2D eigenvalue weighted by Gasteiger charge is -2.33. The second-order valence-electron chi connectivity index (χ2n) is 4.80. The minimum absolute atomic E-state index is 0.0799. The smallest absolute Gasteiger partial charge is 0.153 e. The molecule has 0 saturated heterocycles. The fourth-order valence-corrected chi connectivity index (χ4v) is 2.89. The van der Waals surface area contributed by atoms with Gasteiger partial charge in [-0.05, 0) is 37.8 Å². The van der Waals surface area contributed by atoms with Crippen molar-refractivity contribution in [2.75, 3.05) is 0 Å². The first-order valence-electron chi connectivity index (χ1n) is 6.42. The van der Waals surface area contributed by atoms with Crippen molar-refractivity contribution in [2.45, 2.75) is 44.2 Å². The van der Waals surface area contributed by atoms with Crippen LogP contribution in [0.3, 0.4) is 0 Å². The zero-order chi connectivity index (χ0) is 11.6. The van der Waals surface area contributed by atoms with Crippen molar-refractivity contribution in [1.82, 2.24) is 19.6 Å². The lowest BCUT2D eigenvalue weighted by atomic mass is 10.0. The fourth-order valence-electron chi connectivity index (χ4n) is 2.89. The largest absolute Gasteiger partial charge is 0.245 e. The van der Waals surface area contributed by atoms with Crippen LogP contribution in [0, 0.1) is 0 Å². The Balaban J connectivity index is 2.06. The second-order valence-corrected chi connectivity index (χ2v) is 4.80. The van der Waals surface area contributed by atoms with E-state index in [1.165, 1.54) is 25.7 Å². The van der Waals surface area contributed by atoms with Gasteiger partial charge < -0.3 is 0 Å². The zero-order valence-electron chi connectivity index (χ0n) is 10.00. The maximum atomic E-state index is 4.47. The van der Waals surface area contributed by atoms with Crippen molar-refractivity contribution < 1.29 is 0 Å². The highest BCUT2D eigenvalue weighted by molar-refractivity contribution is 4.95. The summed E-state index contributed by atoms with van der Waals surface area (Å²) in [6.45, 7) is 0. The first-order valence-corrected chi connectivity index (χ1v) is 6.42. The van der Waals surface area contributed by atoms with E-state index in [1.54, 1.807) is 0 Å². The molecule has 2 heterocycles. The third kappa shape index (κ3) is 1.77. The Bertz CT molecular complexity index is 399. The van der Waals surface area contributed by atoms with Crippen molar-refractivity contribution in [3.63, 3.8) is 0 Å². The number of nitrogens with zero attached hydrogens (tertiary/aromatic N) is 4. The first-order chi connectivity index (χ1) is 8.42. The molecule has 0 aromatic carbocycles. The van der Waals surface area contributed by atoms with Gasteiger partial charge >= 0.3 is 0 Å². The summed E-state index contributed by atoms with van der Waals surface area (Å²) in [5.74, 6) is 0. The molecule has 90 valence electrons. The number of aromatic nitrogens is 4. The van der Waals surface area contributed by atoms with Gasteiger partial charge in [-0.25, -0.2) is 9.36 Å². The summed E-state index contributed by atoms with van der Waals surface area (Å²) in [5, 5.41) is 8.93. The lowest BCUT2D eigenvalue weighted by molar-refractivity contribution is 0.152. The molecule has 1 aliphatic carbocycles. The van der Waals surface area contributed by atoms with E-state index < -0.39 is 0 Å². The molecule has 0 atom stereocenters. The minimum Gasteiger partial charge on any atom is -0.245 e. The van der Waals surface area contributed by atoms with Gasteiger partial charge in [0.15, 0.2) is 5.66 Å². The van der Waals surface area contributed by atoms with E-state index in [0.717, 1.165) is 12.8 Å². The number of hydrogen-bond acceptors (Lipinski definition) is 2. The van der Waals surface area contributed by atoms with Crippen LogP contribution in [-0.4, -0.2) is 19.6 Å². The van der Waals surface area contributed by atoms with Crippen LogP contribution >= 0.6 is 0 Å². The van der Waals surface area contributed by atoms with Crippen LogP contribution in [0.4, 0.5) is 0 Å². The minimum atomic E-state index is -0.0799. The Morgan fingerprint density at radius 3 is 1.71 bits per heavy atom. The average Bonchev–Trinajstić information content (AvgIpc) is 3.00. The molecule has 2 aromatic heterocycles. The molecule has 0 bridgehead atoms. The molecule has 4 heteroatoms. The lowest BCUT2D eigenvalue weighted by Crippen LogP contribution is -2.41. The van der Waals surface area contributed by atoms with Crippen LogP contribution in [0.25, 0.3) is 0 Å². The summed E-state index contributed by atoms with van der Waals surface area (Å²) in [6.07, 6.45) is 15.2. The van der Waals surface area contributed by atoms with E-state index in [2.05, 4.69) is 32.0 Å². The van der Waals surface area contributed by atoms with Gasteiger partial charge in [0.2, 0.25) is 0 Å². The zero-order valence-corrected chi connectivity index (χ0v) is 10.00.